The standard InChI is InChI=1S/C23H26Cl2N2O/c1-27(2)22-11-9-17(14-7-10-20(24)21(25)13-14)18-8-6-15(12-19(18)22)23(28)26-16-4-3-5-16/h6-8,10,12-13,16-17,22H,3-5,9,11H2,1-2H3,(H,26,28)/t17-,22-/m0/s1. The van der Waals surface area contributed by atoms with Crippen LogP contribution in [0.4, 0.5) is 0 Å². The maximum atomic E-state index is 12.7. The summed E-state index contributed by atoms with van der Waals surface area (Å²) >= 11 is 12.4. The van der Waals surface area contributed by atoms with Gasteiger partial charge in [-0.3, -0.25) is 4.79 Å². The molecule has 2 aromatic carbocycles. The van der Waals surface area contributed by atoms with Crippen molar-refractivity contribution in [2.75, 3.05) is 14.1 Å². The first-order chi connectivity index (χ1) is 13.4. The van der Waals surface area contributed by atoms with Gasteiger partial charge in [-0.25, -0.2) is 0 Å². The molecule has 2 aliphatic carbocycles. The van der Waals surface area contributed by atoms with Crippen molar-refractivity contribution in [3.05, 3.63) is 68.7 Å². The van der Waals surface area contributed by atoms with Gasteiger partial charge in [0.25, 0.3) is 5.91 Å². The Hall–Kier alpha value is -1.55. The summed E-state index contributed by atoms with van der Waals surface area (Å²) in [4.78, 5) is 14.9. The Balaban J connectivity index is 1.70. The van der Waals surface area contributed by atoms with E-state index >= 15 is 0 Å². The highest BCUT2D eigenvalue weighted by molar-refractivity contribution is 6.42. The van der Waals surface area contributed by atoms with E-state index in [0.717, 1.165) is 31.2 Å². The molecule has 0 heterocycles. The minimum Gasteiger partial charge on any atom is -0.349 e. The second-order valence-corrected chi connectivity index (χ2v) is 9.04. The minimum absolute atomic E-state index is 0.0432. The minimum atomic E-state index is 0.0432. The van der Waals surface area contributed by atoms with Gasteiger partial charge in [-0.2, -0.15) is 0 Å². The first-order valence-electron chi connectivity index (χ1n) is 10.00. The molecule has 0 spiro atoms. The van der Waals surface area contributed by atoms with Crippen LogP contribution in [-0.2, 0) is 0 Å². The molecule has 2 atom stereocenters. The molecule has 0 aliphatic heterocycles. The summed E-state index contributed by atoms with van der Waals surface area (Å²) in [6, 6.07) is 12.8. The van der Waals surface area contributed by atoms with Gasteiger partial charge in [0.2, 0.25) is 0 Å². The van der Waals surface area contributed by atoms with Gasteiger partial charge in [0.05, 0.1) is 10.0 Å². The SMILES string of the molecule is CN(C)[C@H]1CC[C@@H](c2ccc(Cl)c(Cl)c2)c2ccc(C(=O)NC3CCC3)cc21. The first kappa shape index (κ1) is 19.8. The molecule has 5 heteroatoms. The van der Waals surface area contributed by atoms with Gasteiger partial charge in [-0.05, 0) is 87.2 Å². The Morgan fingerprint density at radius 2 is 1.75 bits per heavy atom. The second kappa shape index (κ2) is 8.06. The van der Waals surface area contributed by atoms with Crippen LogP contribution in [0.3, 0.4) is 0 Å². The summed E-state index contributed by atoms with van der Waals surface area (Å²) < 4.78 is 0. The topological polar surface area (TPSA) is 32.3 Å². The number of rotatable bonds is 4. The number of carbonyl (C=O) groups is 1. The third-order valence-corrected chi connectivity index (χ3v) is 6.96. The molecule has 2 aromatic rings. The number of nitrogens with one attached hydrogen (secondary N) is 1. The van der Waals surface area contributed by atoms with Crippen LogP contribution >= 0.6 is 23.2 Å². The second-order valence-electron chi connectivity index (χ2n) is 8.23. The van der Waals surface area contributed by atoms with Crippen LogP contribution in [-0.4, -0.2) is 30.9 Å². The van der Waals surface area contributed by atoms with Crippen LogP contribution in [0.5, 0.6) is 0 Å². The van der Waals surface area contributed by atoms with Crippen LogP contribution in [0, 0.1) is 0 Å². The molecule has 0 aromatic heterocycles. The van der Waals surface area contributed by atoms with Crippen molar-refractivity contribution in [3.8, 4) is 0 Å². The number of carbonyl (C=O) groups excluding carboxylic acids is 1. The third-order valence-electron chi connectivity index (χ3n) is 6.22. The fourth-order valence-electron chi connectivity index (χ4n) is 4.39. The fourth-order valence-corrected chi connectivity index (χ4v) is 4.70. The third kappa shape index (κ3) is 3.80. The van der Waals surface area contributed by atoms with Crippen LogP contribution in [0.2, 0.25) is 10.0 Å². The van der Waals surface area contributed by atoms with Crippen molar-refractivity contribution < 1.29 is 4.79 Å². The molecule has 0 radical (unpaired) electrons. The molecule has 2 aliphatic rings. The molecule has 148 valence electrons. The molecule has 28 heavy (non-hydrogen) atoms. The number of benzene rings is 2. The molecule has 0 saturated heterocycles. The molecule has 1 N–H and O–H groups in total. The lowest BCUT2D eigenvalue weighted by Gasteiger charge is -2.36. The summed E-state index contributed by atoms with van der Waals surface area (Å²) in [5, 5.41) is 4.32. The van der Waals surface area contributed by atoms with Gasteiger partial charge < -0.3 is 10.2 Å². The first-order valence-corrected chi connectivity index (χ1v) is 10.8. The quantitative estimate of drug-likeness (QED) is 0.682. The van der Waals surface area contributed by atoms with Crippen molar-refractivity contribution in [2.24, 2.45) is 0 Å². The summed E-state index contributed by atoms with van der Waals surface area (Å²) in [5.74, 6) is 0.311. The zero-order valence-corrected chi connectivity index (χ0v) is 17.9. The Morgan fingerprint density at radius 1 is 0.964 bits per heavy atom. The molecule has 4 rings (SSSR count). The van der Waals surface area contributed by atoms with Crippen molar-refractivity contribution in [2.45, 2.75) is 50.1 Å². The van der Waals surface area contributed by atoms with Gasteiger partial charge in [0, 0.05) is 23.6 Å². The Bertz CT molecular complexity index is 892. The van der Waals surface area contributed by atoms with E-state index in [4.69, 9.17) is 23.2 Å². The molecular formula is C23H26Cl2N2O. The van der Waals surface area contributed by atoms with Gasteiger partial charge in [0.15, 0.2) is 0 Å². The molecule has 0 unspecified atom stereocenters. The van der Waals surface area contributed by atoms with Crippen LogP contribution in [0.1, 0.15) is 71.1 Å². The lowest BCUT2D eigenvalue weighted by atomic mass is 9.76. The van der Waals surface area contributed by atoms with Crippen LogP contribution in [0.15, 0.2) is 36.4 Å². The Kier molecular flexibility index (Phi) is 5.69. The van der Waals surface area contributed by atoms with E-state index in [2.05, 4.69) is 42.5 Å². The van der Waals surface area contributed by atoms with Crippen molar-refractivity contribution in [1.82, 2.24) is 10.2 Å². The predicted molar refractivity (Wildman–Crippen MR) is 116 cm³/mol. The van der Waals surface area contributed by atoms with Gasteiger partial charge in [-0.15, -0.1) is 0 Å². The lowest BCUT2D eigenvalue weighted by Crippen LogP contribution is -2.39. The molecule has 1 fully saturated rings. The van der Waals surface area contributed by atoms with E-state index in [0.29, 0.717) is 22.1 Å². The average Bonchev–Trinajstić information content (AvgIpc) is 2.65. The van der Waals surface area contributed by atoms with E-state index in [1.165, 1.54) is 23.1 Å². The van der Waals surface area contributed by atoms with E-state index < -0.39 is 0 Å². The van der Waals surface area contributed by atoms with Crippen molar-refractivity contribution in [1.29, 1.82) is 0 Å². The van der Waals surface area contributed by atoms with Crippen molar-refractivity contribution in [3.63, 3.8) is 0 Å². The summed E-state index contributed by atoms with van der Waals surface area (Å²) in [5.41, 5.74) is 4.46. The smallest absolute Gasteiger partial charge is 0.251 e. The number of amides is 1. The molecule has 1 saturated carbocycles. The summed E-state index contributed by atoms with van der Waals surface area (Å²) in [6.45, 7) is 0. The summed E-state index contributed by atoms with van der Waals surface area (Å²) in [6.07, 6.45) is 5.48. The predicted octanol–water partition coefficient (Wildman–Crippen LogP) is 5.80. The highest BCUT2D eigenvalue weighted by atomic mass is 35.5. The van der Waals surface area contributed by atoms with Crippen LogP contribution in [0.25, 0.3) is 0 Å². The normalized spacial score (nSPS) is 21.9. The highest BCUT2D eigenvalue weighted by Crippen LogP contribution is 2.44. The lowest BCUT2D eigenvalue weighted by molar-refractivity contribution is 0.0916. The molecule has 1 amide bonds. The zero-order chi connectivity index (χ0) is 19.8. The Labute approximate surface area is 177 Å². The average molecular weight is 417 g/mol. The highest BCUT2D eigenvalue weighted by Gasteiger charge is 2.31. The van der Waals surface area contributed by atoms with Gasteiger partial charge in [0.1, 0.15) is 0 Å². The fraction of sp³-hybridized carbons (Fsp3) is 0.435. The molecule has 3 nitrogen and oxygen atoms in total. The zero-order valence-electron chi connectivity index (χ0n) is 16.3. The number of hydrogen-bond donors (Lipinski definition) is 1. The number of halogens is 2. The Morgan fingerprint density at radius 3 is 2.39 bits per heavy atom. The van der Waals surface area contributed by atoms with Gasteiger partial charge in [-0.1, -0.05) is 35.3 Å². The number of fused-ring (bicyclic) bond motifs is 1. The maximum absolute atomic E-state index is 12.7. The van der Waals surface area contributed by atoms with E-state index in [1.807, 2.05) is 18.2 Å². The summed E-state index contributed by atoms with van der Waals surface area (Å²) in [7, 11) is 4.21. The number of hydrogen-bond acceptors (Lipinski definition) is 2. The van der Waals surface area contributed by atoms with Crippen LogP contribution < -0.4 is 5.32 Å². The maximum Gasteiger partial charge on any atom is 0.251 e. The molecule has 0 bridgehead atoms. The van der Waals surface area contributed by atoms with Gasteiger partial charge >= 0.3 is 0 Å². The van der Waals surface area contributed by atoms with E-state index in [1.54, 1.807) is 0 Å². The van der Waals surface area contributed by atoms with E-state index in [-0.39, 0.29) is 11.8 Å². The monoisotopic (exact) mass is 416 g/mol. The van der Waals surface area contributed by atoms with Crippen molar-refractivity contribution >= 4 is 29.1 Å². The molecular weight excluding hydrogens is 391 g/mol. The number of nitrogens with zero attached hydrogens (tertiary/aromatic N) is 1. The largest absolute Gasteiger partial charge is 0.349 e. The van der Waals surface area contributed by atoms with E-state index in [9.17, 15) is 4.79 Å².